The lowest BCUT2D eigenvalue weighted by Crippen LogP contribution is -2.49. The number of amides is 4. The monoisotopic (exact) mass is 563 g/mol. The van der Waals surface area contributed by atoms with E-state index in [4.69, 9.17) is 4.74 Å². The largest absolute Gasteiger partial charge is 0.379 e. The van der Waals surface area contributed by atoms with Gasteiger partial charge in [-0.1, -0.05) is 12.1 Å². The van der Waals surface area contributed by atoms with Gasteiger partial charge < -0.3 is 19.9 Å². The number of urea groups is 1. The molecule has 1 aliphatic carbocycles. The van der Waals surface area contributed by atoms with E-state index < -0.39 is 6.03 Å². The van der Waals surface area contributed by atoms with E-state index in [1.807, 2.05) is 6.07 Å². The second-order valence-electron chi connectivity index (χ2n) is 10.0. The Labute approximate surface area is 234 Å². The molecule has 208 valence electrons. The Balaban J connectivity index is 1.20. The molecule has 0 spiro atoms. The van der Waals surface area contributed by atoms with Crippen LogP contribution in [0, 0.1) is 0 Å². The number of nitrogens with one attached hydrogen (secondary N) is 3. The molecule has 2 saturated heterocycles. The molecule has 0 saturated carbocycles. The number of nitrogens with zero attached hydrogens (tertiary/aromatic N) is 4. The molecule has 4 amide bonds. The molecular weight excluding hydrogens is 534 g/mol. The minimum atomic E-state index is -0.433. The summed E-state index contributed by atoms with van der Waals surface area (Å²) in [5.41, 5.74) is 5.74. The number of H-pyrrole nitrogens is 1. The lowest BCUT2D eigenvalue weighted by atomic mass is 10.1. The number of carbonyl (C=O) groups is 4. The summed E-state index contributed by atoms with van der Waals surface area (Å²) >= 11 is 1.28. The lowest BCUT2D eigenvalue weighted by molar-refractivity contribution is -0.129. The molecular formula is C27H29N7O5S. The normalized spacial score (nSPS) is 18.4. The Morgan fingerprint density at radius 2 is 1.93 bits per heavy atom. The summed E-state index contributed by atoms with van der Waals surface area (Å²) in [5.74, 6) is -0.367. The molecule has 3 aliphatic rings. The second kappa shape index (κ2) is 10.5. The highest BCUT2D eigenvalue weighted by molar-refractivity contribution is 7.17. The molecule has 3 N–H and O–H groups in total. The van der Waals surface area contributed by atoms with Crippen molar-refractivity contribution in [2.45, 2.75) is 19.4 Å². The number of ether oxygens (including phenoxy) is 1. The van der Waals surface area contributed by atoms with Crippen LogP contribution in [0.15, 0.2) is 30.3 Å². The second-order valence-corrected chi connectivity index (χ2v) is 11.1. The van der Waals surface area contributed by atoms with Crippen LogP contribution in [-0.2, 0) is 9.53 Å². The van der Waals surface area contributed by atoms with E-state index in [9.17, 15) is 19.2 Å². The maximum Gasteiger partial charge on any atom is 0.333 e. The Kier molecular flexibility index (Phi) is 6.86. The number of aromatic nitrogens is 2. The van der Waals surface area contributed by atoms with Gasteiger partial charge in [-0.25, -0.2) is 9.80 Å². The highest BCUT2D eigenvalue weighted by Gasteiger charge is 2.36. The number of hydrogen-bond donors (Lipinski definition) is 3. The number of anilines is 1. The van der Waals surface area contributed by atoms with Gasteiger partial charge in [0.15, 0.2) is 5.78 Å². The van der Waals surface area contributed by atoms with Crippen LogP contribution in [0.4, 0.5) is 10.5 Å². The zero-order valence-electron chi connectivity index (χ0n) is 22.2. The maximum absolute atomic E-state index is 13.7. The van der Waals surface area contributed by atoms with E-state index in [-0.39, 0.29) is 23.6 Å². The van der Waals surface area contributed by atoms with Gasteiger partial charge in [-0.3, -0.25) is 24.9 Å². The van der Waals surface area contributed by atoms with Crippen LogP contribution in [0.2, 0.25) is 0 Å². The van der Waals surface area contributed by atoms with Crippen molar-refractivity contribution < 1.29 is 23.9 Å². The van der Waals surface area contributed by atoms with Gasteiger partial charge in [0.2, 0.25) is 5.91 Å². The molecule has 13 heteroatoms. The van der Waals surface area contributed by atoms with Crippen LogP contribution in [0.5, 0.6) is 0 Å². The molecule has 6 rings (SSSR count). The highest BCUT2D eigenvalue weighted by atomic mass is 32.1. The first kappa shape index (κ1) is 26.2. The fourth-order valence-corrected chi connectivity index (χ4v) is 6.35. The zero-order chi connectivity index (χ0) is 28.0. The average Bonchev–Trinajstić information content (AvgIpc) is 3.74. The topological polar surface area (TPSA) is 140 Å². The van der Waals surface area contributed by atoms with Gasteiger partial charge in [0, 0.05) is 45.7 Å². The molecule has 2 fully saturated rings. The molecule has 2 aromatic heterocycles. The predicted molar refractivity (Wildman–Crippen MR) is 148 cm³/mol. The Hall–Kier alpha value is -4.07. The number of aromatic amines is 1. The molecule has 2 aliphatic heterocycles. The number of hydrogen-bond acceptors (Lipinski definition) is 8. The number of carbonyl (C=O) groups excluding carboxylic acids is 4. The first-order valence-electron chi connectivity index (χ1n) is 13.1. The Morgan fingerprint density at radius 3 is 2.70 bits per heavy atom. The van der Waals surface area contributed by atoms with Crippen LogP contribution < -0.4 is 10.7 Å². The number of likely N-dealkylation sites (tertiary alicyclic amines) is 1. The van der Waals surface area contributed by atoms with Crippen molar-refractivity contribution in [3.8, 4) is 21.8 Å². The summed E-state index contributed by atoms with van der Waals surface area (Å²) in [7, 11) is 1.76. The number of fused-ring (bicyclic) bond motifs is 3. The van der Waals surface area contributed by atoms with Crippen LogP contribution in [0.25, 0.3) is 21.8 Å². The molecule has 0 radical (unpaired) electrons. The van der Waals surface area contributed by atoms with Crippen molar-refractivity contribution in [2.75, 3.05) is 51.8 Å². The molecule has 3 aromatic rings. The van der Waals surface area contributed by atoms with Crippen LogP contribution in [0.1, 0.15) is 38.9 Å². The highest BCUT2D eigenvalue weighted by Crippen LogP contribution is 2.44. The minimum absolute atomic E-state index is 0.00498. The van der Waals surface area contributed by atoms with Crippen molar-refractivity contribution in [3.05, 3.63) is 46.3 Å². The fraction of sp³-hybridized carbons (Fsp3) is 0.370. The predicted octanol–water partition coefficient (Wildman–Crippen LogP) is 2.41. The first-order valence-corrected chi connectivity index (χ1v) is 13.9. The van der Waals surface area contributed by atoms with Crippen LogP contribution in [-0.4, -0.2) is 101 Å². The van der Waals surface area contributed by atoms with Gasteiger partial charge in [0.25, 0.3) is 5.91 Å². The molecule has 1 aromatic carbocycles. The average molecular weight is 564 g/mol. The quantitative estimate of drug-likeness (QED) is 0.339. The van der Waals surface area contributed by atoms with Crippen molar-refractivity contribution in [1.29, 1.82) is 0 Å². The number of benzene rings is 1. The number of hydrazine groups is 1. The summed E-state index contributed by atoms with van der Waals surface area (Å²) < 4.78 is 5.31. The standard InChI is InChI=1S/C27H29N7O5S/c1-15(35)32(2)16-8-9-33(14-16)26(37)20-7-6-19(40-20)24-22-23(29-30-24)17-4-3-5-18(21(17)25(22)36)28-27(38)31-34-10-12-39-13-11-34/h3-7,16H,8-14H2,1-2H3,(H,29,30)(H2,28,31,38)/t16-/m0/s1. The summed E-state index contributed by atoms with van der Waals surface area (Å²) in [4.78, 5) is 56.0. The summed E-state index contributed by atoms with van der Waals surface area (Å²) in [6.45, 7) is 4.83. The summed E-state index contributed by atoms with van der Waals surface area (Å²) in [6, 6.07) is 8.42. The van der Waals surface area contributed by atoms with Gasteiger partial charge in [-0.05, 0) is 24.6 Å². The Bertz CT molecular complexity index is 1510. The minimum Gasteiger partial charge on any atom is -0.379 e. The molecule has 12 nitrogen and oxygen atoms in total. The van der Waals surface area contributed by atoms with Gasteiger partial charge >= 0.3 is 6.03 Å². The first-order chi connectivity index (χ1) is 19.3. The Morgan fingerprint density at radius 1 is 1.12 bits per heavy atom. The third kappa shape index (κ3) is 4.65. The van der Waals surface area contributed by atoms with Crippen LogP contribution in [0.3, 0.4) is 0 Å². The fourth-order valence-electron chi connectivity index (χ4n) is 5.38. The van der Waals surface area contributed by atoms with Gasteiger partial charge in [0.05, 0.1) is 51.5 Å². The van der Waals surface area contributed by atoms with Crippen molar-refractivity contribution >= 4 is 40.7 Å². The third-order valence-electron chi connectivity index (χ3n) is 7.62. The summed E-state index contributed by atoms with van der Waals surface area (Å²) in [6.07, 6.45) is 0.737. The van der Waals surface area contributed by atoms with E-state index in [2.05, 4.69) is 20.9 Å². The van der Waals surface area contributed by atoms with E-state index in [1.54, 1.807) is 46.1 Å². The molecule has 0 bridgehead atoms. The number of likely N-dealkylation sites (N-methyl/N-ethyl adjacent to an activating group) is 1. The van der Waals surface area contributed by atoms with Crippen LogP contribution >= 0.6 is 11.3 Å². The smallest absolute Gasteiger partial charge is 0.333 e. The maximum atomic E-state index is 13.7. The number of ketones is 1. The summed E-state index contributed by atoms with van der Waals surface area (Å²) in [5, 5.41) is 12.0. The molecule has 40 heavy (non-hydrogen) atoms. The molecule has 0 unspecified atom stereocenters. The number of rotatable bonds is 5. The van der Waals surface area contributed by atoms with E-state index in [1.165, 1.54) is 18.3 Å². The van der Waals surface area contributed by atoms with Gasteiger partial charge in [-0.15, -0.1) is 11.3 Å². The number of thiophene rings is 1. The van der Waals surface area contributed by atoms with Crippen molar-refractivity contribution in [3.63, 3.8) is 0 Å². The van der Waals surface area contributed by atoms with Crippen molar-refractivity contribution in [1.82, 2.24) is 30.4 Å². The van der Waals surface area contributed by atoms with E-state index >= 15 is 0 Å². The van der Waals surface area contributed by atoms with E-state index in [0.29, 0.717) is 82.9 Å². The van der Waals surface area contributed by atoms with Gasteiger partial charge in [-0.2, -0.15) is 5.10 Å². The van der Waals surface area contributed by atoms with Gasteiger partial charge in [0.1, 0.15) is 5.69 Å². The lowest BCUT2D eigenvalue weighted by Gasteiger charge is -2.27. The number of morpholine rings is 1. The zero-order valence-corrected chi connectivity index (χ0v) is 23.0. The van der Waals surface area contributed by atoms with E-state index in [0.717, 1.165) is 6.42 Å². The third-order valence-corrected chi connectivity index (χ3v) is 8.70. The molecule has 1 atom stereocenters. The SMILES string of the molecule is CC(=O)N(C)[C@H]1CCN(C(=O)c2ccc(-c3n[nH]c4c3C(=O)c3c(NC(=O)NN5CCOCC5)cccc3-4)s2)C1. The molecule has 4 heterocycles. The van der Waals surface area contributed by atoms with Crippen molar-refractivity contribution in [2.24, 2.45) is 0 Å².